The SMILES string of the molecule is CCn1ccc(CNc2ccc(C)c(N(C)C)c2)c1. The average molecular weight is 257 g/mol. The van der Waals surface area contributed by atoms with Crippen LogP contribution in [0.2, 0.25) is 0 Å². The van der Waals surface area contributed by atoms with Crippen molar-refractivity contribution in [1.82, 2.24) is 4.57 Å². The highest BCUT2D eigenvalue weighted by Gasteiger charge is 2.02. The number of nitrogens with zero attached hydrogens (tertiary/aromatic N) is 2. The van der Waals surface area contributed by atoms with Crippen LogP contribution >= 0.6 is 0 Å². The second kappa shape index (κ2) is 5.83. The minimum absolute atomic E-state index is 0.864. The monoisotopic (exact) mass is 257 g/mol. The molecule has 0 radical (unpaired) electrons. The van der Waals surface area contributed by atoms with E-state index in [2.05, 4.69) is 79.4 Å². The summed E-state index contributed by atoms with van der Waals surface area (Å²) in [5, 5.41) is 3.48. The number of nitrogens with one attached hydrogen (secondary N) is 1. The molecule has 0 saturated carbocycles. The van der Waals surface area contributed by atoms with E-state index in [-0.39, 0.29) is 0 Å². The van der Waals surface area contributed by atoms with Crippen LogP contribution in [0.15, 0.2) is 36.7 Å². The lowest BCUT2D eigenvalue weighted by atomic mass is 10.1. The largest absolute Gasteiger partial charge is 0.381 e. The first-order valence-electron chi connectivity index (χ1n) is 6.76. The maximum Gasteiger partial charge on any atom is 0.0415 e. The summed E-state index contributed by atoms with van der Waals surface area (Å²) >= 11 is 0. The third-order valence-electron chi connectivity index (χ3n) is 3.36. The summed E-state index contributed by atoms with van der Waals surface area (Å²) < 4.78 is 2.19. The van der Waals surface area contributed by atoms with Crippen molar-refractivity contribution in [3.8, 4) is 0 Å². The minimum Gasteiger partial charge on any atom is -0.381 e. The number of hydrogen-bond donors (Lipinski definition) is 1. The standard InChI is InChI=1S/C16H23N3/c1-5-19-9-8-14(12-19)11-17-15-7-6-13(2)16(10-15)18(3)4/h6-10,12,17H,5,11H2,1-4H3. The molecule has 19 heavy (non-hydrogen) atoms. The van der Waals surface area contributed by atoms with E-state index in [4.69, 9.17) is 0 Å². The van der Waals surface area contributed by atoms with E-state index in [1.54, 1.807) is 0 Å². The molecule has 0 fully saturated rings. The summed E-state index contributed by atoms with van der Waals surface area (Å²) in [5.74, 6) is 0. The zero-order valence-electron chi connectivity index (χ0n) is 12.3. The van der Waals surface area contributed by atoms with Crippen LogP contribution in [0.4, 0.5) is 11.4 Å². The predicted molar refractivity (Wildman–Crippen MR) is 82.9 cm³/mol. The number of aryl methyl sites for hydroxylation is 2. The van der Waals surface area contributed by atoms with Gasteiger partial charge in [-0.15, -0.1) is 0 Å². The summed E-state index contributed by atoms with van der Waals surface area (Å²) in [5.41, 5.74) is 5.04. The van der Waals surface area contributed by atoms with Gasteiger partial charge in [-0.05, 0) is 43.2 Å². The van der Waals surface area contributed by atoms with E-state index in [1.165, 1.54) is 22.5 Å². The molecule has 1 aromatic carbocycles. The van der Waals surface area contributed by atoms with Crippen molar-refractivity contribution in [1.29, 1.82) is 0 Å². The van der Waals surface area contributed by atoms with Crippen molar-refractivity contribution in [3.63, 3.8) is 0 Å². The van der Waals surface area contributed by atoms with Crippen molar-refractivity contribution < 1.29 is 0 Å². The Hall–Kier alpha value is -1.90. The highest BCUT2D eigenvalue weighted by atomic mass is 15.1. The van der Waals surface area contributed by atoms with Gasteiger partial charge in [-0.25, -0.2) is 0 Å². The smallest absolute Gasteiger partial charge is 0.0415 e. The Morgan fingerprint density at radius 3 is 2.63 bits per heavy atom. The molecular formula is C16H23N3. The van der Waals surface area contributed by atoms with Gasteiger partial charge in [0.15, 0.2) is 0 Å². The molecular weight excluding hydrogens is 234 g/mol. The Labute approximate surface area is 115 Å². The van der Waals surface area contributed by atoms with Gasteiger partial charge in [0.05, 0.1) is 0 Å². The molecule has 0 aliphatic heterocycles. The zero-order chi connectivity index (χ0) is 13.8. The lowest BCUT2D eigenvalue weighted by Gasteiger charge is -2.17. The van der Waals surface area contributed by atoms with Crippen molar-refractivity contribution >= 4 is 11.4 Å². The molecule has 0 spiro atoms. The van der Waals surface area contributed by atoms with Gasteiger partial charge in [0.25, 0.3) is 0 Å². The van der Waals surface area contributed by atoms with Crippen LogP contribution in [0.25, 0.3) is 0 Å². The average Bonchev–Trinajstić information content (AvgIpc) is 2.85. The molecule has 0 atom stereocenters. The van der Waals surface area contributed by atoms with Gasteiger partial charge in [0.1, 0.15) is 0 Å². The summed E-state index contributed by atoms with van der Waals surface area (Å²) in [6, 6.07) is 8.66. The molecule has 3 nitrogen and oxygen atoms in total. The van der Waals surface area contributed by atoms with Crippen molar-refractivity contribution in [2.24, 2.45) is 0 Å². The maximum absolute atomic E-state index is 3.48. The van der Waals surface area contributed by atoms with Crippen molar-refractivity contribution in [2.75, 3.05) is 24.3 Å². The van der Waals surface area contributed by atoms with Crippen LogP contribution in [0.1, 0.15) is 18.1 Å². The Bertz CT molecular complexity index is 541. The number of anilines is 2. The normalized spacial score (nSPS) is 10.5. The van der Waals surface area contributed by atoms with Crippen LogP contribution in [0.5, 0.6) is 0 Å². The van der Waals surface area contributed by atoms with E-state index >= 15 is 0 Å². The summed E-state index contributed by atoms with van der Waals surface area (Å²) in [4.78, 5) is 2.15. The fraction of sp³-hybridized carbons (Fsp3) is 0.375. The predicted octanol–water partition coefficient (Wildman–Crippen LogP) is 3.49. The number of aromatic nitrogens is 1. The number of benzene rings is 1. The molecule has 0 unspecified atom stereocenters. The van der Waals surface area contributed by atoms with Gasteiger partial charge in [-0.2, -0.15) is 0 Å². The fourth-order valence-corrected chi connectivity index (χ4v) is 2.20. The first kappa shape index (κ1) is 13.5. The molecule has 0 amide bonds. The van der Waals surface area contributed by atoms with Crippen molar-refractivity contribution in [3.05, 3.63) is 47.8 Å². The first-order chi connectivity index (χ1) is 9.10. The van der Waals surface area contributed by atoms with Gasteiger partial charge in [-0.1, -0.05) is 6.07 Å². The van der Waals surface area contributed by atoms with Crippen LogP contribution in [-0.2, 0) is 13.1 Å². The Morgan fingerprint density at radius 2 is 2.00 bits per heavy atom. The Balaban J connectivity index is 2.05. The Morgan fingerprint density at radius 1 is 1.21 bits per heavy atom. The van der Waals surface area contributed by atoms with Gasteiger partial charge >= 0.3 is 0 Å². The summed E-state index contributed by atoms with van der Waals surface area (Å²) in [6.45, 7) is 6.18. The van der Waals surface area contributed by atoms with E-state index in [1.807, 2.05) is 0 Å². The van der Waals surface area contributed by atoms with Gasteiger partial charge in [0.2, 0.25) is 0 Å². The Kier molecular flexibility index (Phi) is 4.15. The van der Waals surface area contributed by atoms with Crippen LogP contribution < -0.4 is 10.2 Å². The van der Waals surface area contributed by atoms with Gasteiger partial charge in [-0.3, -0.25) is 0 Å². The topological polar surface area (TPSA) is 20.2 Å². The van der Waals surface area contributed by atoms with E-state index in [9.17, 15) is 0 Å². The van der Waals surface area contributed by atoms with Gasteiger partial charge < -0.3 is 14.8 Å². The molecule has 102 valence electrons. The fourth-order valence-electron chi connectivity index (χ4n) is 2.20. The second-order valence-electron chi connectivity index (χ2n) is 5.10. The number of rotatable bonds is 5. The second-order valence-corrected chi connectivity index (χ2v) is 5.10. The molecule has 2 rings (SSSR count). The maximum atomic E-state index is 3.48. The third-order valence-corrected chi connectivity index (χ3v) is 3.36. The van der Waals surface area contributed by atoms with Crippen LogP contribution in [0, 0.1) is 6.92 Å². The molecule has 1 N–H and O–H groups in total. The third kappa shape index (κ3) is 3.31. The highest BCUT2D eigenvalue weighted by Crippen LogP contribution is 2.22. The van der Waals surface area contributed by atoms with E-state index in [0.717, 1.165) is 13.1 Å². The molecule has 0 aliphatic rings. The van der Waals surface area contributed by atoms with E-state index < -0.39 is 0 Å². The molecule has 0 bridgehead atoms. The minimum atomic E-state index is 0.864. The van der Waals surface area contributed by atoms with Crippen LogP contribution in [-0.4, -0.2) is 18.7 Å². The van der Waals surface area contributed by atoms with Crippen LogP contribution in [0.3, 0.4) is 0 Å². The van der Waals surface area contributed by atoms with Gasteiger partial charge in [0, 0.05) is 51.0 Å². The molecule has 0 aliphatic carbocycles. The highest BCUT2D eigenvalue weighted by molar-refractivity contribution is 5.61. The molecule has 1 aromatic heterocycles. The number of hydrogen-bond acceptors (Lipinski definition) is 2. The summed E-state index contributed by atoms with van der Waals surface area (Å²) in [7, 11) is 4.15. The summed E-state index contributed by atoms with van der Waals surface area (Å²) in [6.07, 6.45) is 4.31. The molecule has 2 aromatic rings. The lowest BCUT2D eigenvalue weighted by molar-refractivity contribution is 0.766. The molecule has 1 heterocycles. The first-order valence-corrected chi connectivity index (χ1v) is 6.76. The molecule has 0 saturated heterocycles. The molecule has 3 heteroatoms. The quantitative estimate of drug-likeness (QED) is 0.884. The van der Waals surface area contributed by atoms with Crippen molar-refractivity contribution in [2.45, 2.75) is 26.9 Å². The zero-order valence-corrected chi connectivity index (χ0v) is 12.3. The lowest BCUT2D eigenvalue weighted by Crippen LogP contribution is -2.10. The van der Waals surface area contributed by atoms with E-state index in [0.29, 0.717) is 0 Å².